The summed E-state index contributed by atoms with van der Waals surface area (Å²) in [4.78, 5) is 35.3. The maximum Gasteiger partial charge on any atom is 0.283 e. The molecule has 4 rings (SSSR count). The number of thiophene rings is 1. The fourth-order valence-electron chi connectivity index (χ4n) is 3.90. The predicted molar refractivity (Wildman–Crippen MR) is 139 cm³/mol. The highest BCUT2D eigenvalue weighted by Gasteiger charge is 2.35. The van der Waals surface area contributed by atoms with Crippen LogP contribution < -0.4 is 9.64 Å². The van der Waals surface area contributed by atoms with Crippen LogP contribution in [0.25, 0.3) is 6.08 Å². The Morgan fingerprint density at radius 1 is 1.32 bits per heavy atom. The summed E-state index contributed by atoms with van der Waals surface area (Å²) in [5, 5.41) is 2.85. The number of thioether (sulfide) groups is 1. The fraction of sp³-hybridized carbons (Fsp3) is 0.375. The largest absolute Gasteiger partial charge is 0.495 e. The van der Waals surface area contributed by atoms with E-state index in [9.17, 15) is 9.59 Å². The van der Waals surface area contributed by atoms with Gasteiger partial charge in [-0.1, -0.05) is 23.4 Å². The molecule has 180 valence electrons. The maximum absolute atomic E-state index is 13.5. The van der Waals surface area contributed by atoms with E-state index in [0.717, 1.165) is 10.4 Å². The van der Waals surface area contributed by atoms with Crippen molar-refractivity contribution in [2.45, 2.75) is 33.0 Å². The van der Waals surface area contributed by atoms with Gasteiger partial charge in [0.2, 0.25) is 5.91 Å². The van der Waals surface area contributed by atoms with Crippen molar-refractivity contribution in [3.63, 3.8) is 0 Å². The summed E-state index contributed by atoms with van der Waals surface area (Å²) >= 11 is 9.02. The molecular weight excluding hydrogens is 494 g/mol. The van der Waals surface area contributed by atoms with Crippen LogP contribution in [0.5, 0.6) is 5.75 Å². The van der Waals surface area contributed by atoms with Crippen LogP contribution in [0.2, 0.25) is 5.02 Å². The van der Waals surface area contributed by atoms with Crippen LogP contribution in [0.4, 0.5) is 5.69 Å². The number of amidine groups is 1. The lowest BCUT2D eigenvalue weighted by atomic mass is 10.2. The van der Waals surface area contributed by atoms with Gasteiger partial charge in [0, 0.05) is 23.0 Å². The van der Waals surface area contributed by atoms with Crippen molar-refractivity contribution in [3.05, 3.63) is 50.8 Å². The van der Waals surface area contributed by atoms with Crippen LogP contribution in [0.1, 0.15) is 24.3 Å². The third kappa shape index (κ3) is 5.33. The van der Waals surface area contributed by atoms with Gasteiger partial charge < -0.3 is 14.4 Å². The minimum Gasteiger partial charge on any atom is -0.495 e. The number of ether oxygens (including phenoxy) is 2. The second kappa shape index (κ2) is 10.5. The molecule has 0 N–H and O–H groups in total. The topological polar surface area (TPSA) is 71.4 Å². The molecule has 1 saturated heterocycles. The quantitative estimate of drug-likeness (QED) is 0.529. The molecule has 7 nitrogen and oxygen atoms in total. The number of anilines is 1. The van der Waals surface area contributed by atoms with Crippen LogP contribution >= 0.6 is 34.7 Å². The summed E-state index contributed by atoms with van der Waals surface area (Å²) in [7, 11) is 1.54. The molecule has 2 amide bonds. The van der Waals surface area contributed by atoms with Gasteiger partial charge in [-0.05, 0) is 62.1 Å². The Morgan fingerprint density at radius 3 is 2.71 bits per heavy atom. The third-order valence-corrected chi connectivity index (χ3v) is 7.60. The van der Waals surface area contributed by atoms with Gasteiger partial charge in [-0.2, -0.15) is 0 Å². The number of aliphatic imine (C=N–C) groups is 1. The Bertz CT molecular complexity index is 1150. The number of nitrogens with zero attached hydrogens (tertiary/aromatic N) is 3. The van der Waals surface area contributed by atoms with Crippen molar-refractivity contribution >= 4 is 63.4 Å². The molecule has 1 fully saturated rings. The predicted octanol–water partition coefficient (Wildman–Crippen LogP) is 4.83. The Kier molecular flexibility index (Phi) is 7.67. The average Bonchev–Trinajstić information content (AvgIpc) is 3.33. The Hall–Kier alpha value is -2.33. The molecule has 0 radical (unpaired) electrons. The smallest absolute Gasteiger partial charge is 0.283 e. The highest BCUT2D eigenvalue weighted by Crippen LogP contribution is 2.37. The minimum absolute atomic E-state index is 0.0149. The molecule has 2 aliphatic heterocycles. The molecule has 2 aliphatic rings. The first-order valence-corrected chi connectivity index (χ1v) is 13.1. The highest BCUT2D eigenvalue weighted by atomic mass is 35.5. The first-order valence-electron chi connectivity index (χ1n) is 10.8. The van der Waals surface area contributed by atoms with Gasteiger partial charge >= 0.3 is 0 Å². The highest BCUT2D eigenvalue weighted by molar-refractivity contribution is 8.14. The SMILES string of the molecule is COc1ccc(Cl)cc1N1C(=O)/C(=C/c2sccc2C)N=C1SCC(=O)N1CC(C)OC(C)C1. The molecule has 3 heterocycles. The number of amides is 2. The standard InChI is InChI=1S/C24H26ClN3O4S2/c1-14-7-8-33-21(14)10-18-23(30)28(19-9-17(25)5-6-20(19)31-4)24(26-18)34-13-22(29)27-11-15(2)32-16(3)12-27/h5-10,15-16H,11-13H2,1-4H3/b18-10-. The van der Waals surface area contributed by atoms with Crippen LogP contribution in [0.15, 0.2) is 40.3 Å². The number of methoxy groups -OCH3 is 1. The molecular formula is C24H26ClN3O4S2. The van der Waals surface area contributed by atoms with E-state index in [-0.39, 0.29) is 29.8 Å². The van der Waals surface area contributed by atoms with Gasteiger partial charge in [-0.3, -0.25) is 9.59 Å². The molecule has 2 unspecified atom stereocenters. The molecule has 2 aromatic rings. The van der Waals surface area contributed by atoms with Gasteiger partial charge in [0.05, 0.1) is 30.8 Å². The number of carbonyl (C=O) groups is 2. The lowest BCUT2D eigenvalue weighted by Gasteiger charge is -2.35. The summed E-state index contributed by atoms with van der Waals surface area (Å²) in [6, 6.07) is 7.07. The lowest BCUT2D eigenvalue weighted by molar-refractivity contribution is -0.140. The second-order valence-corrected chi connectivity index (χ2v) is 10.5. The monoisotopic (exact) mass is 519 g/mol. The van der Waals surface area contributed by atoms with E-state index in [1.807, 2.05) is 32.2 Å². The van der Waals surface area contributed by atoms with Crippen LogP contribution in [-0.2, 0) is 14.3 Å². The molecule has 0 bridgehead atoms. The number of morpholine rings is 1. The number of benzene rings is 1. The van der Waals surface area contributed by atoms with E-state index >= 15 is 0 Å². The fourth-order valence-corrected chi connectivity index (χ4v) is 5.83. The zero-order valence-corrected chi connectivity index (χ0v) is 21.8. The van der Waals surface area contributed by atoms with Crippen LogP contribution in [-0.4, -0.2) is 60.0 Å². The molecule has 1 aromatic heterocycles. The summed E-state index contributed by atoms with van der Waals surface area (Å²) in [5.41, 5.74) is 1.86. The number of halogens is 1. The normalized spacial score (nSPS) is 21.9. The van der Waals surface area contributed by atoms with Crippen molar-refractivity contribution < 1.29 is 19.1 Å². The molecule has 2 atom stereocenters. The van der Waals surface area contributed by atoms with Crippen molar-refractivity contribution in [3.8, 4) is 5.75 Å². The van der Waals surface area contributed by atoms with Gasteiger partial charge in [0.1, 0.15) is 11.4 Å². The molecule has 0 spiro atoms. The Labute approximate surface area is 212 Å². The van der Waals surface area contributed by atoms with E-state index in [4.69, 9.17) is 21.1 Å². The lowest BCUT2D eigenvalue weighted by Crippen LogP contribution is -2.49. The molecule has 34 heavy (non-hydrogen) atoms. The Morgan fingerprint density at radius 2 is 2.06 bits per heavy atom. The van der Waals surface area contributed by atoms with E-state index in [2.05, 4.69) is 4.99 Å². The van der Waals surface area contributed by atoms with E-state index < -0.39 is 0 Å². The Balaban J connectivity index is 1.63. The first-order chi connectivity index (χ1) is 16.3. The number of hydrogen-bond donors (Lipinski definition) is 0. The zero-order chi connectivity index (χ0) is 24.4. The summed E-state index contributed by atoms with van der Waals surface area (Å²) < 4.78 is 11.2. The summed E-state index contributed by atoms with van der Waals surface area (Å²) in [5.74, 6) is 0.321. The number of carbonyl (C=O) groups excluding carboxylic acids is 2. The van der Waals surface area contributed by atoms with Crippen molar-refractivity contribution in [1.29, 1.82) is 0 Å². The maximum atomic E-state index is 13.5. The van der Waals surface area contributed by atoms with Crippen LogP contribution in [0, 0.1) is 6.92 Å². The second-order valence-electron chi connectivity index (χ2n) is 8.19. The average molecular weight is 520 g/mol. The molecule has 0 aliphatic carbocycles. The molecule has 10 heteroatoms. The van der Waals surface area contributed by atoms with E-state index in [1.165, 1.54) is 23.8 Å². The molecule has 0 saturated carbocycles. The van der Waals surface area contributed by atoms with Gasteiger partial charge in [-0.15, -0.1) is 11.3 Å². The van der Waals surface area contributed by atoms with E-state index in [1.54, 1.807) is 40.5 Å². The number of aryl methyl sites for hydroxylation is 1. The van der Waals surface area contributed by atoms with Crippen molar-refractivity contribution in [2.75, 3.05) is 30.9 Å². The first kappa shape index (κ1) is 24.8. The summed E-state index contributed by atoms with van der Waals surface area (Å²) in [6.07, 6.45) is 1.75. The van der Waals surface area contributed by atoms with Gasteiger partial charge in [-0.25, -0.2) is 9.89 Å². The number of rotatable bonds is 5. The molecule has 1 aromatic carbocycles. The van der Waals surface area contributed by atoms with Gasteiger partial charge in [0.15, 0.2) is 5.17 Å². The van der Waals surface area contributed by atoms with E-state index in [0.29, 0.717) is 40.4 Å². The van der Waals surface area contributed by atoms with Crippen LogP contribution in [0.3, 0.4) is 0 Å². The number of hydrogen-bond acceptors (Lipinski definition) is 7. The van der Waals surface area contributed by atoms with Gasteiger partial charge in [0.25, 0.3) is 5.91 Å². The zero-order valence-electron chi connectivity index (χ0n) is 19.4. The third-order valence-electron chi connectivity index (χ3n) is 5.48. The van der Waals surface area contributed by atoms with Crippen molar-refractivity contribution in [2.24, 2.45) is 4.99 Å². The van der Waals surface area contributed by atoms with Crippen molar-refractivity contribution in [1.82, 2.24) is 4.90 Å². The summed E-state index contributed by atoms with van der Waals surface area (Å²) in [6.45, 7) is 7.00. The minimum atomic E-state index is -0.295.